The minimum absolute atomic E-state index is 0.0792. The monoisotopic (exact) mass is 465 g/mol. The van der Waals surface area contributed by atoms with Crippen molar-refractivity contribution in [1.82, 2.24) is 0 Å². The number of amides is 2. The third kappa shape index (κ3) is 5.53. The number of carboxylic acids is 1. The number of rotatable bonds is 9. The third-order valence-corrected chi connectivity index (χ3v) is 7.04. The molecule has 0 aromatic heterocycles. The van der Waals surface area contributed by atoms with Crippen molar-refractivity contribution in [3.8, 4) is 0 Å². The highest BCUT2D eigenvalue weighted by Crippen LogP contribution is 2.46. The van der Waals surface area contributed by atoms with Crippen LogP contribution < -0.4 is 16.0 Å². The molecule has 1 saturated carbocycles. The van der Waals surface area contributed by atoms with Crippen LogP contribution in [0.25, 0.3) is 0 Å². The number of nitrogens with zero attached hydrogens (tertiary/aromatic N) is 1. The molecule has 2 aromatic rings. The fourth-order valence-electron chi connectivity index (χ4n) is 5.03. The van der Waals surface area contributed by atoms with Gasteiger partial charge in [0.1, 0.15) is 0 Å². The Bertz CT molecular complexity index is 1040. The van der Waals surface area contributed by atoms with Crippen molar-refractivity contribution in [2.45, 2.75) is 70.4 Å². The molecule has 34 heavy (non-hydrogen) atoms. The van der Waals surface area contributed by atoms with Crippen LogP contribution in [0.3, 0.4) is 0 Å². The van der Waals surface area contributed by atoms with E-state index in [1.807, 2.05) is 49.4 Å². The zero-order valence-corrected chi connectivity index (χ0v) is 20.0. The first kappa shape index (κ1) is 24.1. The van der Waals surface area contributed by atoms with Crippen LogP contribution in [-0.2, 0) is 9.53 Å². The average molecular weight is 466 g/mol. The maximum atomic E-state index is 12.8. The van der Waals surface area contributed by atoms with Gasteiger partial charge in [-0.15, -0.1) is 0 Å². The highest BCUT2D eigenvalue weighted by Gasteiger charge is 2.35. The number of carboxylic acid groups (broad SMARTS) is 1. The molecule has 1 aliphatic heterocycles. The first-order valence-corrected chi connectivity index (χ1v) is 12.3. The zero-order chi connectivity index (χ0) is 24.2. The Labute approximate surface area is 201 Å². The van der Waals surface area contributed by atoms with E-state index in [4.69, 9.17) is 10.5 Å². The predicted octanol–water partition coefficient (Wildman–Crippen LogP) is 5.55. The maximum absolute atomic E-state index is 12.8. The van der Waals surface area contributed by atoms with Crippen molar-refractivity contribution < 1.29 is 19.4 Å². The molecule has 1 saturated heterocycles. The number of carbonyl (C=O) groups is 2. The molecule has 3 unspecified atom stereocenters. The van der Waals surface area contributed by atoms with Gasteiger partial charge in [0.05, 0.1) is 29.6 Å². The molecule has 2 aliphatic rings. The van der Waals surface area contributed by atoms with E-state index in [2.05, 4.69) is 12.2 Å². The largest absolute Gasteiger partial charge is 0.481 e. The standard InChI is InChI=1S/C27H35N3O4/c1-3-21-15-20(12-13-34-21)29-23-11-10-19(22(16-26(31)32)18-8-9-18)14-25(23)30(27(28)33)24-7-5-4-6-17(24)2/h4-7,10-11,14,18,20-22,29H,3,8-9,12-13,15-16H2,1-2H3,(H2,28,33)(H,31,32). The number of hydrogen-bond donors (Lipinski definition) is 3. The molecular weight excluding hydrogens is 430 g/mol. The lowest BCUT2D eigenvalue weighted by Crippen LogP contribution is -2.36. The van der Waals surface area contributed by atoms with E-state index in [0.717, 1.165) is 54.6 Å². The highest BCUT2D eigenvalue weighted by molar-refractivity contribution is 6.02. The van der Waals surface area contributed by atoms with E-state index in [9.17, 15) is 14.7 Å². The third-order valence-electron chi connectivity index (χ3n) is 7.04. The first-order valence-electron chi connectivity index (χ1n) is 12.3. The summed E-state index contributed by atoms with van der Waals surface area (Å²) in [5.74, 6) is -0.521. The number of aryl methyl sites for hydroxylation is 1. The molecule has 7 nitrogen and oxygen atoms in total. The van der Waals surface area contributed by atoms with Crippen molar-refractivity contribution in [3.05, 3.63) is 53.6 Å². The van der Waals surface area contributed by atoms with Gasteiger partial charge < -0.3 is 20.9 Å². The molecule has 1 aliphatic carbocycles. The van der Waals surface area contributed by atoms with E-state index in [-0.39, 0.29) is 24.5 Å². The number of nitrogens with one attached hydrogen (secondary N) is 1. The molecular formula is C27H35N3O4. The second-order valence-electron chi connectivity index (χ2n) is 9.55. The second kappa shape index (κ2) is 10.5. The van der Waals surface area contributed by atoms with Crippen LogP contribution >= 0.6 is 0 Å². The quantitative estimate of drug-likeness (QED) is 0.450. The van der Waals surface area contributed by atoms with Crippen molar-refractivity contribution in [1.29, 1.82) is 0 Å². The number of para-hydroxylation sites is 1. The van der Waals surface area contributed by atoms with E-state index < -0.39 is 12.0 Å². The van der Waals surface area contributed by atoms with Gasteiger partial charge in [0, 0.05) is 12.6 Å². The number of nitrogens with two attached hydrogens (primary N) is 1. The summed E-state index contributed by atoms with van der Waals surface area (Å²) < 4.78 is 5.84. The van der Waals surface area contributed by atoms with Gasteiger partial charge in [0.25, 0.3) is 0 Å². The second-order valence-corrected chi connectivity index (χ2v) is 9.55. The van der Waals surface area contributed by atoms with Crippen LogP contribution in [0.1, 0.15) is 62.5 Å². The number of anilines is 3. The fraction of sp³-hybridized carbons (Fsp3) is 0.481. The lowest BCUT2D eigenvalue weighted by molar-refractivity contribution is -0.137. The van der Waals surface area contributed by atoms with Gasteiger partial charge in [-0.25, -0.2) is 4.79 Å². The molecule has 0 spiro atoms. The number of hydrogen-bond acceptors (Lipinski definition) is 4. The number of carbonyl (C=O) groups excluding carboxylic acids is 1. The summed E-state index contributed by atoms with van der Waals surface area (Å²) in [4.78, 5) is 25.9. The molecule has 182 valence electrons. The smallest absolute Gasteiger partial charge is 0.323 e. The Hall–Kier alpha value is -3.06. The molecule has 4 N–H and O–H groups in total. The molecule has 2 amide bonds. The summed E-state index contributed by atoms with van der Waals surface area (Å²) in [5, 5.41) is 13.2. The Morgan fingerprint density at radius 2 is 1.94 bits per heavy atom. The summed E-state index contributed by atoms with van der Waals surface area (Å²) in [5.41, 5.74) is 10.00. The van der Waals surface area contributed by atoms with E-state index in [1.54, 1.807) is 4.90 Å². The SMILES string of the molecule is CCC1CC(Nc2ccc(C(CC(=O)O)C3CC3)cc2N(C(N)=O)c2ccccc2C)CCO1. The van der Waals surface area contributed by atoms with Gasteiger partial charge in [-0.05, 0) is 80.2 Å². The number of ether oxygens (including phenoxy) is 1. The Kier molecular flexibility index (Phi) is 7.41. The number of benzene rings is 2. The summed E-state index contributed by atoms with van der Waals surface area (Å²) in [6.07, 6.45) is 5.09. The van der Waals surface area contributed by atoms with Crippen molar-refractivity contribution in [2.24, 2.45) is 11.7 Å². The summed E-state index contributed by atoms with van der Waals surface area (Å²) in [6.45, 7) is 4.77. The van der Waals surface area contributed by atoms with Crippen LogP contribution in [0, 0.1) is 12.8 Å². The van der Waals surface area contributed by atoms with Gasteiger partial charge in [0.2, 0.25) is 0 Å². The van der Waals surface area contributed by atoms with Gasteiger partial charge in [-0.3, -0.25) is 9.69 Å². The van der Waals surface area contributed by atoms with Crippen LogP contribution in [0.2, 0.25) is 0 Å². The number of primary amides is 1. The number of aliphatic carboxylic acids is 1. The summed E-state index contributed by atoms with van der Waals surface area (Å²) in [6, 6.07) is 13.2. The van der Waals surface area contributed by atoms with Gasteiger partial charge in [-0.2, -0.15) is 0 Å². The first-order chi connectivity index (χ1) is 16.4. The minimum Gasteiger partial charge on any atom is -0.481 e. The number of urea groups is 1. The van der Waals surface area contributed by atoms with Crippen molar-refractivity contribution in [3.63, 3.8) is 0 Å². The van der Waals surface area contributed by atoms with Gasteiger partial charge in [0.15, 0.2) is 0 Å². The van der Waals surface area contributed by atoms with E-state index >= 15 is 0 Å². The lowest BCUT2D eigenvalue weighted by atomic mass is 9.90. The fourth-order valence-corrected chi connectivity index (χ4v) is 5.03. The molecule has 0 radical (unpaired) electrons. The lowest BCUT2D eigenvalue weighted by Gasteiger charge is -2.33. The van der Waals surface area contributed by atoms with Gasteiger partial charge in [-0.1, -0.05) is 31.2 Å². The van der Waals surface area contributed by atoms with Crippen LogP contribution in [0.15, 0.2) is 42.5 Å². The minimum atomic E-state index is -0.806. The van der Waals surface area contributed by atoms with Crippen molar-refractivity contribution >= 4 is 29.1 Å². The van der Waals surface area contributed by atoms with Crippen LogP contribution in [-0.4, -0.2) is 35.9 Å². The molecule has 2 aromatic carbocycles. The zero-order valence-electron chi connectivity index (χ0n) is 20.0. The molecule has 1 heterocycles. The maximum Gasteiger partial charge on any atom is 0.323 e. The van der Waals surface area contributed by atoms with Crippen LogP contribution in [0.4, 0.5) is 21.9 Å². The van der Waals surface area contributed by atoms with Crippen molar-refractivity contribution in [2.75, 3.05) is 16.8 Å². The topological polar surface area (TPSA) is 105 Å². The van der Waals surface area contributed by atoms with Gasteiger partial charge >= 0.3 is 12.0 Å². The molecule has 4 rings (SSSR count). The van der Waals surface area contributed by atoms with Crippen LogP contribution in [0.5, 0.6) is 0 Å². The predicted molar refractivity (Wildman–Crippen MR) is 134 cm³/mol. The Morgan fingerprint density at radius 1 is 1.18 bits per heavy atom. The summed E-state index contributed by atoms with van der Waals surface area (Å²) >= 11 is 0. The highest BCUT2D eigenvalue weighted by atomic mass is 16.5. The normalized spacial score (nSPS) is 21.0. The average Bonchev–Trinajstić information content (AvgIpc) is 3.65. The van der Waals surface area contributed by atoms with E-state index in [1.165, 1.54) is 0 Å². The molecule has 2 fully saturated rings. The molecule has 7 heteroatoms. The molecule has 3 atom stereocenters. The van der Waals surface area contributed by atoms with E-state index in [0.29, 0.717) is 18.2 Å². The summed E-state index contributed by atoms with van der Waals surface area (Å²) in [7, 11) is 0. The Morgan fingerprint density at radius 3 is 2.59 bits per heavy atom. The Balaban J connectivity index is 1.76. The molecule has 0 bridgehead atoms.